The number of hydrogen-bond acceptors (Lipinski definition) is 4. The van der Waals surface area contributed by atoms with Gasteiger partial charge in [-0.1, -0.05) is 24.3 Å². The van der Waals surface area contributed by atoms with Crippen molar-refractivity contribution in [1.82, 2.24) is 13.9 Å². The van der Waals surface area contributed by atoms with E-state index in [9.17, 15) is 12.8 Å². The van der Waals surface area contributed by atoms with Crippen molar-refractivity contribution in [1.29, 1.82) is 0 Å². The SMILES string of the molecule is Cc1nc2c(-c3cccc(S(=O)(=O)N(C)C)c3)cccc2n1C/C(F)=C/CN.Cl. The van der Waals surface area contributed by atoms with Gasteiger partial charge in [0.05, 0.1) is 22.5 Å². The van der Waals surface area contributed by atoms with E-state index in [-0.39, 0.29) is 36.2 Å². The van der Waals surface area contributed by atoms with E-state index < -0.39 is 10.0 Å². The lowest BCUT2D eigenvalue weighted by atomic mass is 10.0. The van der Waals surface area contributed by atoms with E-state index in [0.29, 0.717) is 11.3 Å². The quantitative estimate of drug-likeness (QED) is 0.638. The summed E-state index contributed by atoms with van der Waals surface area (Å²) in [6.07, 6.45) is 1.34. The molecule has 0 aliphatic heterocycles. The molecule has 29 heavy (non-hydrogen) atoms. The molecule has 0 aliphatic carbocycles. The maximum absolute atomic E-state index is 14.0. The Bertz CT molecular complexity index is 1160. The van der Waals surface area contributed by atoms with E-state index in [1.54, 1.807) is 22.8 Å². The summed E-state index contributed by atoms with van der Waals surface area (Å²) in [6, 6.07) is 12.3. The highest BCUT2D eigenvalue weighted by Gasteiger charge is 2.19. The largest absolute Gasteiger partial charge is 0.327 e. The van der Waals surface area contributed by atoms with Gasteiger partial charge in [-0.25, -0.2) is 22.1 Å². The fraction of sp³-hybridized carbons (Fsp3) is 0.250. The number of allylic oxidation sites excluding steroid dienone is 1. The van der Waals surface area contributed by atoms with Crippen LogP contribution in [0.2, 0.25) is 0 Å². The number of fused-ring (bicyclic) bond motifs is 1. The predicted octanol–water partition coefficient (Wildman–Crippen LogP) is 3.50. The average Bonchev–Trinajstić information content (AvgIpc) is 2.97. The van der Waals surface area contributed by atoms with Gasteiger partial charge in [-0.2, -0.15) is 0 Å². The van der Waals surface area contributed by atoms with Gasteiger partial charge in [0.25, 0.3) is 0 Å². The van der Waals surface area contributed by atoms with E-state index in [4.69, 9.17) is 5.73 Å². The smallest absolute Gasteiger partial charge is 0.242 e. The molecule has 156 valence electrons. The number of para-hydroxylation sites is 1. The second-order valence-electron chi connectivity index (χ2n) is 6.62. The number of aromatic nitrogens is 2. The van der Waals surface area contributed by atoms with Crippen LogP contribution in [-0.2, 0) is 16.6 Å². The van der Waals surface area contributed by atoms with E-state index in [2.05, 4.69) is 4.98 Å². The van der Waals surface area contributed by atoms with Gasteiger partial charge in [0.1, 0.15) is 11.7 Å². The molecule has 0 spiro atoms. The van der Waals surface area contributed by atoms with Crippen molar-refractivity contribution >= 4 is 33.5 Å². The normalized spacial score (nSPS) is 12.4. The minimum absolute atomic E-state index is 0. The van der Waals surface area contributed by atoms with Gasteiger partial charge >= 0.3 is 0 Å². The summed E-state index contributed by atoms with van der Waals surface area (Å²) in [5, 5.41) is 0. The highest BCUT2D eigenvalue weighted by Crippen LogP contribution is 2.31. The van der Waals surface area contributed by atoms with Crippen LogP contribution in [0.25, 0.3) is 22.2 Å². The summed E-state index contributed by atoms with van der Waals surface area (Å²) < 4.78 is 41.9. The zero-order valence-electron chi connectivity index (χ0n) is 16.5. The third-order valence-corrected chi connectivity index (χ3v) is 6.35. The minimum Gasteiger partial charge on any atom is -0.327 e. The molecule has 0 amide bonds. The molecule has 0 aliphatic rings. The molecule has 9 heteroatoms. The Morgan fingerprint density at radius 2 is 1.93 bits per heavy atom. The van der Waals surface area contributed by atoms with Crippen molar-refractivity contribution in [2.45, 2.75) is 18.4 Å². The molecule has 3 rings (SSSR count). The molecule has 2 aromatic carbocycles. The van der Waals surface area contributed by atoms with Crippen molar-refractivity contribution in [2.75, 3.05) is 20.6 Å². The Labute approximate surface area is 176 Å². The number of benzene rings is 2. The Hall–Kier alpha value is -2.26. The van der Waals surface area contributed by atoms with Crippen LogP contribution in [0, 0.1) is 6.92 Å². The molecule has 0 bridgehead atoms. The Balaban J connectivity index is 0.00000300. The molecule has 0 radical (unpaired) electrons. The summed E-state index contributed by atoms with van der Waals surface area (Å²) in [4.78, 5) is 4.82. The number of nitrogens with two attached hydrogens (primary N) is 1. The number of nitrogens with zero attached hydrogens (tertiary/aromatic N) is 3. The van der Waals surface area contributed by atoms with Gasteiger partial charge in [-0.15, -0.1) is 12.4 Å². The van der Waals surface area contributed by atoms with E-state index in [1.807, 2.05) is 31.2 Å². The van der Waals surface area contributed by atoms with Crippen LogP contribution >= 0.6 is 12.4 Å². The van der Waals surface area contributed by atoms with Crippen molar-refractivity contribution in [3.63, 3.8) is 0 Å². The van der Waals surface area contributed by atoms with Crippen LogP contribution in [0.15, 0.2) is 59.3 Å². The zero-order valence-corrected chi connectivity index (χ0v) is 18.1. The van der Waals surface area contributed by atoms with E-state index in [0.717, 1.165) is 16.6 Å². The second-order valence-corrected chi connectivity index (χ2v) is 8.77. The van der Waals surface area contributed by atoms with E-state index >= 15 is 0 Å². The molecule has 3 aromatic rings. The van der Waals surface area contributed by atoms with Crippen LogP contribution in [-0.4, -0.2) is 42.9 Å². The highest BCUT2D eigenvalue weighted by atomic mass is 35.5. The predicted molar refractivity (Wildman–Crippen MR) is 116 cm³/mol. The summed E-state index contributed by atoms with van der Waals surface area (Å²) in [5.41, 5.74) is 8.38. The molecular weight excluding hydrogens is 415 g/mol. The van der Waals surface area contributed by atoms with Crippen molar-refractivity contribution < 1.29 is 12.8 Å². The lowest BCUT2D eigenvalue weighted by molar-refractivity contribution is 0.521. The summed E-state index contributed by atoms with van der Waals surface area (Å²) in [5.74, 6) is 0.342. The monoisotopic (exact) mass is 438 g/mol. The topological polar surface area (TPSA) is 81.2 Å². The molecule has 0 saturated carbocycles. The second kappa shape index (κ2) is 9.04. The Morgan fingerprint density at radius 3 is 2.59 bits per heavy atom. The third-order valence-electron chi connectivity index (χ3n) is 4.54. The maximum Gasteiger partial charge on any atom is 0.242 e. The van der Waals surface area contributed by atoms with Crippen molar-refractivity contribution in [3.8, 4) is 11.1 Å². The number of rotatable bonds is 6. The van der Waals surface area contributed by atoms with Crippen LogP contribution in [0.5, 0.6) is 0 Å². The summed E-state index contributed by atoms with van der Waals surface area (Å²) in [6.45, 7) is 2.00. The molecule has 0 saturated heterocycles. The third kappa shape index (κ3) is 4.51. The van der Waals surface area contributed by atoms with Gasteiger partial charge in [-0.05, 0) is 36.8 Å². The lowest BCUT2D eigenvalue weighted by Crippen LogP contribution is -2.22. The van der Waals surface area contributed by atoms with Crippen molar-refractivity contribution in [2.24, 2.45) is 5.73 Å². The van der Waals surface area contributed by atoms with Crippen molar-refractivity contribution in [3.05, 3.63) is 60.2 Å². The molecular formula is C20H24ClFN4O2S. The lowest BCUT2D eigenvalue weighted by Gasteiger charge is -2.12. The molecule has 2 N–H and O–H groups in total. The molecule has 0 atom stereocenters. The van der Waals surface area contributed by atoms with Crippen LogP contribution in [0.1, 0.15) is 5.82 Å². The Morgan fingerprint density at radius 1 is 1.24 bits per heavy atom. The number of imidazole rings is 1. The molecule has 6 nitrogen and oxygen atoms in total. The van der Waals surface area contributed by atoms with E-state index in [1.165, 1.54) is 24.5 Å². The number of aryl methyl sites for hydroxylation is 1. The summed E-state index contributed by atoms with van der Waals surface area (Å²) in [7, 11) is -0.553. The fourth-order valence-electron chi connectivity index (χ4n) is 3.07. The van der Waals surface area contributed by atoms with Gasteiger partial charge in [0.15, 0.2) is 0 Å². The first-order valence-corrected chi connectivity index (χ1v) is 10.2. The van der Waals surface area contributed by atoms with Gasteiger partial charge < -0.3 is 10.3 Å². The molecule has 1 aromatic heterocycles. The number of halogens is 2. The number of sulfonamides is 1. The van der Waals surface area contributed by atoms with Crippen LogP contribution in [0.4, 0.5) is 4.39 Å². The van der Waals surface area contributed by atoms with Gasteiger partial charge in [-0.3, -0.25) is 0 Å². The van der Waals surface area contributed by atoms with Crippen LogP contribution < -0.4 is 5.73 Å². The molecule has 0 unspecified atom stereocenters. The fourth-order valence-corrected chi connectivity index (χ4v) is 4.02. The summed E-state index contributed by atoms with van der Waals surface area (Å²) >= 11 is 0. The molecule has 0 fully saturated rings. The highest BCUT2D eigenvalue weighted by molar-refractivity contribution is 7.89. The minimum atomic E-state index is -3.55. The first-order valence-electron chi connectivity index (χ1n) is 8.79. The average molecular weight is 439 g/mol. The molecule has 1 heterocycles. The van der Waals surface area contributed by atoms with Gasteiger partial charge in [0.2, 0.25) is 10.0 Å². The first kappa shape index (κ1) is 23.0. The zero-order chi connectivity index (χ0) is 20.5. The van der Waals surface area contributed by atoms with Crippen LogP contribution in [0.3, 0.4) is 0 Å². The van der Waals surface area contributed by atoms with Gasteiger partial charge in [0, 0.05) is 26.2 Å². The number of hydrogen-bond donors (Lipinski definition) is 1. The first-order chi connectivity index (χ1) is 13.3. The Kier molecular flexibility index (Phi) is 7.18. The maximum atomic E-state index is 14.0. The standard InChI is InChI=1S/C20H23FN4O2S.ClH/c1-14-23-20-18(8-5-9-19(20)25(14)13-16(21)10-11-22)15-6-4-7-17(12-15)28(26,27)24(2)3;/h4-10,12H,11,13,22H2,1-3H3;1H/b16-10-;.